The van der Waals surface area contributed by atoms with Crippen molar-refractivity contribution in [2.75, 3.05) is 38.1 Å². The van der Waals surface area contributed by atoms with Crippen LogP contribution in [0.15, 0.2) is 6.07 Å². The van der Waals surface area contributed by atoms with Gasteiger partial charge in [-0.2, -0.15) is 0 Å². The average molecular weight is 261 g/mol. The molecule has 0 radical (unpaired) electrons. The van der Waals surface area contributed by atoms with Crippen molar-refractivity contribution in [3.8, 4) is 0 Å². The highest BCUT2D eigenvalue weighted by atomic mass is 16.4. The van der Waals surface area contributed by atoms with E-state index in [0.29, 0.717) is 11.4 Å². The fourth-order valence-corrected chi connectivity index (χ4v) is 2.88. The van der Waals surface area contributed by atoms with E-state index in [-0.39, 0.29) is 0 Å². The first kappa shape index (κ1) is 12.4. The van der Waals surface area contributed by atoms with Gasteiger partial charge in [0.2, 0.25) is 0 Å². The quantitative estimate of drug-likeness (QED) is 0.861. The van der Waals surface area contributed by atoms with E-state index in [0.717, 1.165) is 56.7 Å². The first-order valence-corrected chi connectivity index (χ1v) is 6.85. The number of likely N-dealkylation sites (N-methyl/N-ethyl adjacent to an activating group) is 1. The van der Waals surface area contributed by atoms with Crippen LogP contribution >= 0.6 is 0 Å². The second-order valence-electron chi connectivity index (χ2n) is 5.41. The number of hydrogen-bond donors (Lipinski definition) is 1. The SMILES string of the molecule is CN1CCN(c2nc3c(cc2C(=O)O)CCC3)CC1. The van der Waals surface area contributed by atoms with Crippen molar-refractivity contribution < 1.29 is 9.90 Å². The Hall–Kier alpha value is -1.62. The number of carbonyl (C=O) groups is 1. The lowest BCUT2D eigenvalue weighted by Gasteiger charge is -2.34. The topological polar surface area (TPSA) is 56.7 Å². The summed E-state index contributed by atoms with van der Waals surface area (Å²) in [7, 11) is 2.09. The third-order valence-electron chi connectivity index (χ3n) is 4.06. The van der Waals surface area contributed by atoms with Crippen LogP contribution in [0.1, 0.15) is 28.0 Å². The minimum Gasteiger partial charge on any atom is -0.478 e. The molecule has 1 aliphatic heterocycles. The molecule has 1 N–H and O–H groups in total. The van der Waals surface area contributed by atoms with E-state index >= 15 is 0 Å². The third kappa shape index (κ3) is 2.30. The van der Waals surface area contributed by atoms with Gasteiger partial charge in [-0.3, -0.25) is 0 Å². The van der Waals surface area contributed by atoms with E-state index in [4.69, 9.17) is 0 Å². The van der Waals surface area contributed by atoms with Crippen LogP contribution in [0.5, 0.6) is 0 Å². The van der Waals surface area contributed by atoms with Crippen LogP contribution in [0.3, 0.4) is 0 Å². The minimum absolute atomic E-state index is 0.366. The van der Waals surface area contributed by atoms with Crippen LogP contribution in [0.2, 0.25) is 0 Å². The smallest absolute Gasteiger partial charge is 0.339 e. The summed E-state index contributed by atoms with van der Waals surface area (Å²) in [5.41, 5.74) is 2.58. The highest BCUT2D eigenvalue weighted by Crippen LogP contribution is 2.28. The number of aromatic nitrogens is 1. The number of piperazine rings is 1. The van der Waals surface area contributed by atoms with Crippen LogP contribution in [0.25, 0.3) is 0 Å². The van der Waals surface area contributed by atoms with Crippen LogP contribution in [-0.4, -0.2) is 54.2 Å². The Morgan fingerprint density at radius 2 is 2.00 bits per heavy atom. The van der Waals surface area contributed by atoms with Crippen LogP contribution in [0, 0.1) is 0 Å². The molecule has 0 amide bonds. The van der Waals surface area contributed by atoms with E-state index in [1.54, 1.807) is 0 Å². The molecule has 0 spiro atoms. The molecule has 5 heteroatoms. The zero-order valence-corrected chi connectivity index (χ0v) is 11.2. The Morgan fingerprint density at radius 1 is 1.26 bits per heavy atom. The third-order valence-corrected chi connectivity index (χ3v) is 4.06. The second-order valence-corrected chi connectivity index (χ2v) is 5.41. The predicted octanol–water partition coefficient (Wildman–Crippen LogP) is 1.02. The van der Waals surface area contributed by atoms with Crippen molar-refractivity contribution in [3.63, 3.8) is 0 Å². The van der Waals surface area contributed by atoms with Crippen molar-refractivity contribution in [1.82, 2.24) is 9.88 Å². The van der Waals surface area contributed by atoms with E-state index in [1.807, 2.05) is 6.07 Å². The van der Waals surface area contributed by atoms with E-state index in [9.17, 15) is 9.90 Å². The molecule has 0 unspecified atom stereocenters. The fraction of sp³-hybridized carbons (Fsp3) is 0.571. The zero-order valence-electron chi connectivity index (χ0n) is 11.2. The lowest BCUT2D eigenvalue weighted by atomic mass is 10.1. The summed E-state index contributed by atoms with van der Waals surface area (Å²) in [6.45, 7) is 3.61. The molecular formula is C14H19N3O2. The molecule has 102 valence electrons. The Bertz CT molecular complexity index is 508. The number of anilines is 1. The highest BCUT2D eigenvalue weighted by Gasteiger charge is 2.25. The molecule has 5 nitrogen and oxygen atoms in total. The lowest BCUT2D eigenvalue weighted by molar-refractivity contribution is 0.0697. The molecule has 0 saturated carbocycles. The molecule has 1 aliphatic carbocycles. The predicted molar refractivity (Wildman–Crippen MR) is 72.9 cm³/mol. The largest absolute Gasteiger partial charge is 0.478 e. The van der Waals surface area contributed by atoms with E-state index in [2.05, 4.69) is 21.8 Å². The summed E-state index contributed by atoms with van der Waals surface area (Å²) in [5.74, 6) is -0.197. The highest BCUT2D eigenvalue weighted by molar-refractivity contribution is 5.93. The molecule has 0 bridgehead atoms. The van der Waals surface area contributed by atoms with E-state index < -0.39 is 5.97 Å². The second kappa shape index (κ2) is 4.81. The van der Waals surface area contributed by atoms with Crippen molar-refractivity contribution in [1.29, 1.82) is 0 Å². The molecule has 1 aromatic heterocycles. The standard InChI is InChI=1S/C14H19N3O2/c1-16-5-7-17(8-6-16)13-11(14(18)19)9-10-3-2-4-12(10)15-13/h9H,2-8H2,1H3,(H,18,19). The Morgan fingerprint density at radius 3 is 2.68 bits per heavy atom. The first-order chi connectivity index (χ1) is 9.15. The van der Waals surface area contributed by atoms with Gasteiger partial charge >= 0.3 is 5.97 Å². The van der Waals surface area contributed by atoms with Crippen molar-refractivity contribution in [2.24, 2.45) is 0 Å². The number of pyridine rings is 1. The van der Waals surface area contributed by atoms with Gasteiger partial charge in [0.25, 0.3) is 0 Å². The molecular weight excluding hydrogens is 242 g/mol. The normalized spacial score (nSPS) is 19.5. The number of rotatable bonds is 2. The maximum absolute atomic E-state index is 11.5. The van der Waals surface area contributed by atoms with Gasteiger partial charge in [-0.05, 0) is 37.9 Å². The number of hydrogen-bond acceptors (Lipinski definition) is 4. The van der Waals surface area contributed by atoms with Crippen molar-refractivity contribution in [3.05, 3.63) is 22.9 Å². The minimum atomic E-state index is -0.865. The summed E-state index contributed by atoms with van der Waals surface area (Å²) in [6.07, 6.45) is 3.04. The number of carboxylic acid groups (broad SMARTS) is 1. The molecule has 3 rings (SSSR count). The van der Waals surface area contributed by atoms with Gasteiger partial charge in [-0.15, -0.1) is 0 Å². The summed E-state index contributed by atoms with van der Waals surface area (Å²) in [4.78, 5) is 20.5. The van der Waals surface area contributed by atoms with Gasteiger partial charge in [0.05, 0.1) is 0 Å². The van der Waals surface area contributed by atoms with Gasteiger partial charge < -0.3 is 14.9 Å². The molecule has 19 heavy (non-hydrogen) atoms. The number of aryl methyl sites for hydroxylation is 2. The summed E-state index contributed by atoms with van der Waals surface area (Å²) < 4.78 is 0. The van der Waals surface area contributed by atoms with Crippen molar-refractivity contribution >= 4 is 11.8 Å². The fourth-order valence-electron chi connectivity index (χ4n) is 2.88. The van der Waals surface area contributed by atoms with Crippen molar-refractivity contribution in [2.45, 2.75) is 19.3 Å². The average Bonchev–Trinajstić information content (AvgIpc) is 2.85. The maximum Gasteiger partial charge on any atom is 0.339 e. The number of carboxylic acids is 1. The summed E-state index contributed by atoms with van der Waals surface area (Å²) in [6, 6.07) is 1.84. The molecule has 2 aliphatic rings. The Kier molecular flexibility index (Phi) is 3.14. The molecule has 0 aromatic carbocycles. The van der Waals surface area contributed by atoms with Crippen LogP contribution in [-0.2, 0) is 12.8 Å². The molecule has 1 fully saturated rings. The maximum atomic E-state index is 11.5. The Balaban J connectivity index is 1.97. The number of nitrogens with zero attached hydrogens (tertiary/aromatic N) is 3. The zero-order chi connectivity index (χ0) is 13.4. The van der Waals surface area contributed by atoms with Crippen LogP contribution < -0.4 is 4.90 Å². The number of aromatic carboxylic acids is 1. The van der Waals surface area contributed by atoms with Gasteiger partial charge in [-0.1, -0.05) is 0 Å². The number of fused-ring (bicyclic) bond motifs is 1. The van der Waals surface area contributed by atoms with Gasteiger partial charge in [0.15, 0.2) is 0 Å². The van der Waals surface area contributed by atoms with Gasteiger partial charge in [0.1, 0.15) is 11.4 Å². The lowest BCUT2D eigenvalue weighted by Crippen LogP contribution is -2.45. The summed E-state index contributed by atoms with van der Waals surface area (Å²) in [5, 5.41) is 9.40. The van der Waals surface area contributed by atoms with E-state index in [1.165, 1.54) is 0 Å². The summed E-state index contributed by atoms with van der Waals surface area (Å²) >= 11 is 0. The van der Waals surface area contributed by atoms with Gasteiger partial charge in [0, 0.05) is 31.9 Å². The van der Waals surface area contributed by atoms with Crippen LogP contribution in [0.4, 0.5) is 5.82 Å². The molecule has 2 heterocycles. The first-order valence-electron chi connectivity index (χ1n) is 6.85. The Labute approximate surface area is 112 Å². The monoisotopic (exact) mass is 261 g/mol. The molecule has 0 atom stereocenters. The van der Waals surface area contributed by atoms with Gasteiger partial charge in [-0.25, -0.2) is 9.78 Å². The molecule has 1 saturated heterocycles. The molecule has 1 aromatic rings.